The van der Waals surface area contributed by atoms with Gasteiger partial charge in [-0.3, -0.25) is 9.59 Å². The third-order valence-electron chi connectivity index (χ3n) is 4.16. The zero-order valence-corrected chi connectivity index (χ0v) is 11.6. The van der Waals surface area contributed by atoms with Crippen LogP contribution in [0.1, 0.15) is 31.2 Å². The number of hydrogen-bond acceptors (Lipinski definition) is 3. The van der Waals surface area contributed by atoms with Crippen LogP contribution in [0.4, 0.5) is 5.69 Å². The van der Waals surface area contributed by atoms with E-state index in [0.29, 0.717) is 16.3 Å². The van der Waals surface area contributed by atoms with Crippen molar-refractivity contribution in [3.63, 3.8) is 0 Å². The van der Waals surface area contributed by atoms with Gasteiger partial charge in [0, 0.05) is 5.02 Å². The maximum Gasteiger partial charge on any atom is 0.237 e. The van der Waals surface area contributed by atoms with Crippen LogP contribution in [0.2, 0.25) is 5.02 Å². The number of imide groups is 1. The molecule has 1 saturated heterocycles. The Labute approximate surface area is 121 Å². The molecule has 1 aromatic rings. The Morgan fingerprint density at radius 1 is 1.15 bits per heavy atom. The van der Waals surface area contributed by atoms with Gasteiger partial charge in [-0.1, -0.05) is 24.4 Å². The quantitative estimate of drug-likeness (QED) is 0.747. The molecule has 1 aliphatic heterocycles. The Bertz CT molecular complexity index is 611. The van der Waals surface area contributed by atoms with E-state index in [1.54, 1.807) is 12.1 Å². The molecule has 0 aromatic heterocycles. The molecule has 102 valence electrons. The molecule has 1 saturated carbocycles. The molecular formula is C15H13ClN2O2. The Morgan fingerprint density at radius 2 is 1.75 bits per heavy atom. The predicted octanol–water partition coefficient (Wildman–Crippen LogP) is 2.89. The fourth-order valence-corrected chi connectivity index (χ4v) is 3.35. The smallest absolute Gasteiger partial charge is 0.237 e. The molecule has 2 aliphatic rings. The highest BCUT2D eigenvalue weighted by Gasteiger charge is 2.49. The van der Waals surface area contributed by atoms with Gasteiger partial charge in [-0.15, -0.1) is 0 Å². The van der Waals surface area contributed by atoms with E-state index < -0.39 is 0 Å². The number of fused-ring (bicyclic) bond motifs is 1. The first-order chi connectivity index (χ1) is 9.63. The Kier molecular flexibility index (Phi) is 3.23. The largest absolute Gasteiger partial charge is 0.274 e. The van der Waals surface area contributed by atoms with Crippen molar-refractivity contribution in [2.24, 2.45) is 11.8 Å². The number of rotatable bonds is 1. The summed E-state index contributed by atoms with van der Waals surface area (Å²) in [4.78, 5) is 26.1. The van der Waals surface area contributed by atoms with Crippen LogP contribution in [0, 0.1) is 23.2 Å². The van der Waals surface area contributed by atoms with Gasteiger partial charge >= 0.3 is 0 Å². The Balaban J connectivity index is 2.06. The van der Waals surface area contributed by atoms with Crippen molar-refractivity contribution in [3.05, 3.63) is 28.8 Å². The van der Waals surface area contributed by atoms with Crippen LogP contribution >= 0.6 is 11.6 Å². The van der Waals surface area contributed by atoms with Crippen LogP contribution in [0.3, 0.4) is 0 Å². The van der Waals surface area contributed by atoms with Gasteiger partial charge in [-0.2, -0.15) is 5.26 Å². The molecule has 3 rings (SSSR count). The van der Waals surface area contributed by atoms with Crippen molar-refractivity contribution in [1.82, 2.24) is 0 Å². The number of amides is 2. The van der Waals surface area contributed by atoms with Gasteiger partial charge in [0.1, 0.15) is 6.07 Å². The van der Waals surface area contributed by atoms with Gasteiger partial charge in [0.2, 0.25) is 11.8 Å². The van der Waals surface area contributed by atoms with Crippen molar-refractivity contribution in [3.8, 4) is 6.07 Å². The molecule has 0 N–H and O–H groups in total. The van der Waals surface area contributed by atoms with Crippen LogP contribution in [-0.2, 0) is 9.59 Å². The summed E-state index contributed by atoms with van der Waals surface area (Å²) in [5, 5.41) is 9.57. The average molecular weight is 289 g/mol. The molecule has 1 aliphatic carbocycles. The fraction of sp³-hybridized carbons (Fsp3) is 0.400. The monoisotopic (exact) mass is 288 g/mol. The first-order valence-electron chi connectivity index (χ1n) is 6.71. The minimum atomic E-state index is -0.221. The summed E-state index contributed by atoms with van der Waals surface area (Å²) in [6, 6.07) is 6.67. The van der Waals surface area contributed by atoms with E-state index >= 15 is 0 Å². The number of halogens is 1. The normalized spacial score (nSPS) is 25.5. The molecule has 1 aromatic carbocycles. The lowest BCUT2D eigenvalue weighted by Gasteiger charge is -2.19. The fourth-order valence-electron chi connectivity index (χ4n) is 3.18. The molecule has 0 radical (unpaired) electrons. The maximum atomic E-state index is 12.5. The number of benzene rings is 1. The van der Waals surface area contributed by atoms with Gasteiger partial charge in [0.05, 0.1) is 23.1 Å². The molecule has 0 bridgehead atoms. The minimum absolute atomic E-state index is 0.182. The lowest BCUT2D eigenvalue weighted by atomic mass is 9.81. The highest BCUT2D eigenvalue weighted by molar-refractivity contribution is 6.31. The highest BCUT2D eigenvalue weighted by Crippen LogP contribution is 2.41. The van der Waals surface area contributed by atoms with Crippen LogP contribution in [-0.4, -0.2) is 11.8 Å². The van der Waals surface area contributed by atoms with Crippen molar-refractivity contribution in [2.75, 3.05) is 4.90 Å². The second kappa shape index (κ2) is 4.92. The summed E-state index contributed by atoms with van der Waals surface area (Å²) in [5.41, 5.74) is 0.624. The second-order valence-corrected chi connectivity index (χ2v) is 5.72. The molecule has 4 nitrogen and oxygen atoms in total. The zero-order valence-electron chi connectivity index (χ0n) is 10.8. The average Bonchev–Trinajstić information content (AvgIpc) is 2.71. The molecule has 5 heteroatoms. The van der Waals surface area contributed by atoms with E-state index in [4.69, 9.17) is 16.9 Å². The third kappa shape index (κ3) is 1.90. The van der Waals surface area contributed by atoms with Gasteiger partial charge in [-0.05, 0) is 31.0 Å². The maximum absolute atomic E-state index is 12.5. The standard InChI is InChI=1S/C15H13ClN2O2/c16-10-6-5-9(8-17)13(7-10)18-14(19)11-3-1-2-4-12(11)15(18)20/h5-7,11-12H,1-4H2. The minimum Gasteiger partial charge on any atom is -0.274 e. The molecule has 20 heavy (non-hydrogen) atoms. The van der Waals surface area contributed by atoms with E-state index in [1.165, 1.54) is 11.0 Å². The van der Waals surface area contributed by atoms with Crippen LogP contribution < -0.4 is 4.90 Å². The second-order valence-electron chi connectivity index (χ2n) is 5.28. The Morgan fingerprint density at radius 3 is 2.30 bits per heavy atom. The third-order valence-corrected chi connectivity index (χ3v) is 4.40. The number of carbonyl (C=O) groups excluding carboxylic acids is 2. The number of nitriles is 1. The van der Waals surface area contributed by atoms with E-state index in [0.717, 1.165) is 25.7 Å². The van der Waals surface area contributed by atoms with Crippen LogP contribution in [0.5, 0.6) is 0 Å². The van der Waals surface area contributed by atoms with Crippen molar-refractivity contribution in [1.29, 1.82) is 5.26 Å². The summed E-state index contributed by atoms with van der Waals surface area (Å²) in [7, 11) is 0. The molecular weight excluding hydrogens is 276 g/mol. The molecule has 1 heterocycles. The number of anilines is 1. The Hall–Kier alpha value is -1.86. The van der Waals surface area contributed by atoms with Crippen molar-refractivity contribution < 1.29 is 9.59 Å². The summed E-state index contributed by atoms with van der Waals surface area (Å²) >= 11 is 5.94. The summed E-state index contributed by atoms with van der Waals surface area (Å²) in [6.07, 6.45) is 3.48. The van der Waals surface area contributed by atoms with Gasteiger partial charge in [-0.25, -0.2) is 4.90 Å². The van der Waals surface area contributed by atoms with E-state index in [9.17, 15) is 9.59 Å². The zero-order chi connectivity index (χ0) is 14.3. The van der Waals surface area contributed by atoms with Gasteiger partial charge in [0.25, 0.3) is 0 Å². The summed E-state index contributed by atoms with van der Waals surface area (Å²) in [5.74, 6) is -0.805. The highest BCUT2D eigenvalue weighted by atomic mass is 35.5. The van der Waals surface area contributed by atoms with E-state index in [2.05, 4.69) is 0 Å². The summed E-state index contributed by atoms with van der Waals surface area (Å²) in [6.45, 7) is 0. The topological polar surface area (TPSA) is 61.2 Å². The number of carbonyl (C=O) groups is 2. The van der Waals surface area contributed by atoms with Crippen LogP contribution in [0.25, 0.3) is 0 Å². The van der Waals surface area contributed by atoms with E-state index in [1.807, 2.05) is 6.07 Å². The first-order valence-corrected chi connectivity index (χ1v) is 7.08. The SMILES string of the molecule is N#Cc1ccc(Cl)cc1N1C(=O)C2CCCCC2C1=O. The van der Waals surface area contributed by atoms with Gasteiger partial charge < -0.3 is 0 Å². The summed E-state index contributed by atoms with van der Waals surface area (Å²) < 4.78 is 0. The molecule has 2 fully saturated rings. The number of nitrogens with zero attached hydrogens (tertiary/aromatic N) is 2. The number of hydrogen-bond donors (Lipinski definition) is 0. The van der Waals surface area contributed by atoms with Crippen molar-refractivity contribution in [2.45, 2.75) is 25.7 Å². The van der Waals surface area contributed by atoms with Crippen LogP contribution in [0.15, 0.2) is 18.2 Å². The molecule has 2 unspecified atom stereocenters. The first kappa shape index (κ1) is 13.1. The lowest BCUT2D eigenvalue weighted by molar-refractivity contribution is -0.122. The molecule has 0 spiro atoms. The molecule has 2 amide bonds. The van der Waals surface area contributed by atoms with Crippen molar-refractivity contribution >= 4 is 29.1 Å². The molecule has 2 atom stereocenters. The van der Waals surface area contributed by atoms with E-state index in [-0.39, 0.29) is 23.7 Å². The lowest BCUT2D eigenvalue weighted by Crippen LogP contribution is -2.31. The predicted molar refractivity (Wildman–Crippen MR) is 74.1 cm³/mol. The van der Waals surface area contributed by atoms with Gasteiger partial charge in [0.15, 0.2) is 0 Å².